The van der Waals surface area contributed by atoms with Crippen LogP contribution in [0, 0.1) is 6.92 Å². The van der Waals surface area contributed by atoms with Crippen molar-refractivity contribution in [1.29, 1.82) is 0 Å². The Kier molecular flexibility index (Phi) is 3.26. The van der Waals surface area contributed by atoms with E-state index in [-0.39, 0.29) is 0 Å². The lowest BCUT2D eigenvalue weighted by Crippen LogP contribution is -1.99. The molecule has 1 aromatic carbocycles. The van der Waals surface area contributed by atoms with Crippen molar-refractivity contribution in [2.45, 2.75) is 13.5 Å². The Morgan fingerprint density at radius 2 is 2.25 bits per heavy atom. The second kappa shape index (κ2) is 4.67. The molecule has 0 atom stereocenters. The molecule has 3 N–H and O–H groups in total. The molecule has 0 aliphatic heterocycles. The summed E-state index contributed by atoms with van der Waals surface area (Å²) in [6.07, 6.45) is 0. The average Bonchev–Trinajstić information content (AvgIpc) is 2.67. The van der Waals surface area contributed by atoms with E-state index in [4.69, 9.17) is 10.5 Å². The number of ether oxygens (including phenoxy) is 1. The number of hydrogen-bond donors (Lipinski definition) is 2. The third-order valence-corrected chi connectivity index (χ3v) is 2.63. The Labute approximate surface area is 102 Å². The van der Waals surface area contributed by atoms with Crippen LogP contribution in [0.4, 0.5) is 0 Å². The number of aromatic nitrogens is 2. The van der Waals surface area contributed by atoms with Gasteiger partial charge in [0.2, 0.25) is 5.88 Å². The van der Waals surface area contributed by atoms with Gasteiger partial charge in [-0.2, -0.15) is 0 Å². The van der Waals surface area contributed by atoms with Crippen LogP contribution in [-0.2, 0) is 6.54 Å². The van der Waals surface area contributed by atoms with Gasteiger partial charge in [-0.05, 0) is 25.1 Å². The van der Waals surface area contributed by atoms with Gasteiger partial charge in [0.05, 0.1) is 0 Å². The van der Waals surface area contributed by atoms with Crippen LogP contribution in [0.2, 0.25) is 0 Å². The van der Waals surface area contributed by atoms with Crippen LogP contribution in [0.25, 0.3) is 0 Å². The van der Waals surface area contributed by atoms with Crippen molar-refractivity contribution in [2.75, 3.05) is 0 Å². The van der Waals surface area contributed by atoms with Crippen LogP contribution in [0.3, 0.4) is 0 Å². The normalized spacial score (nSPS) is 10.4. The molecule has 84 valence electrons. The number of rotatable bonds is 3. The fourth-order valence-corrected chi connectivity index (χ4v) is 1.77. The standard InChI is InChI=1S/C11H12BrN3O/c1-7-4-11(15-14-7)16-10-3-2-9(12)5-8(10)6-13/h2-5H,6,13H2,1H3,(H,14,15). The van der Waals surface area contributed by atoms with Crippen molar-refractivity contribution in [3.8, 4) is 11.6 Å². The van der Waals surface area contributed by atoms with Crippen molar-refractivity contribution in [3.05, 3.63) is 40.0 Å². The molecule has 1 aromatic heterocycles. The molecule has 0 spiro atoms. The maximum atomic E-state index is 5.65. The summed E-state index contributed by atoms with van der Waals surface area (Å²) in [6, 6.07) is 7.56. The van der Waals surface area contributed by atoms with Crippen LogP contribution in [-0.4, -0.2) is 10.2 Å². The van der Waals surface area contributed by atoms with Gasteiger partial charge in [-0.25, -0.2) is 0 Å². The van der Waals surface area contributed by atoms with Crippen LogP contribution in [0.1, 0.15) is 11.3 Å². The van der Waals surface area contributed by atoms with Crippen LogP contribution >= 0.6 is 15.9 Å². The Hall–Kier alpha value is -1.33. The first-order chi connectivity index (χ1) is 7.69. The molecule has 0 radical (unpaired) electrons. The summed E-state index contributed by atoms with van der Waals surface area (Å²) < 4.78 is 6.62. The Morgan fingerprint density at radius 3 is 2.88 bits per heavy atom. The van der Waals surface area contributed by atoms with Crippen LogP contribution in [0.15, 0.2) is 28.7 Å². The Bertz CT molecular complexity index is 496. The van der Waals surface area contributed by atoms with E-state index >= 15 is 0 Å². The number of halogens is 1. The van der Waals surface area contributed by atoms with Crippen LogP contribution < -0.4 is 10.5 Å². The minimum atomic E-state index is 0.429. The smallest absolute Gasteiger partial charge is 0.238 e. The Morgan fingerprint density at radius 1 is 1.44 bits per heavy atom. The van der Waals surface area contributed by atoms with Gasteiger partial charge in [-0.15, -0.1) is 5.10 Å². The molecule has 0 unspecified atom stereocenters. The molecule has 4 nitrogen and oxygen atoms in total. The third-order valence-electron chi connectivity index (χ3n) is 2.14. The summed E-state index contributed by atoms with van der Waals surface area (Å²) in [5.41, 5.74) is 7.55. The van der Waals surface area contributed by atoms with E-state index in [9.17, 15) is 0 Å². The van der Waals surface area contributed by atoms with Gasteiger partial charge in [0.15, 0.2) is 0 Å². The van der Waals surface area contributed by atoms with Crippen LogP contribution in [0.5, 0.6) is 11.6 Å². The average molecular weight is 282 g/mol. The zero-order chi connectivity index (χ0) is 11.5. The lowest BCUT2D eigenvalue weighted by molar-refractivity contribution is 0.456. The van der Waals surface area contributed by atoms with E-state index < -0.39 is 0 Å². The molecule has 0 saturated heterocycles. The minimum Gasteiger partial charge on any atom is -0.437 e. The maximum Gasteiger partial charge on any atom is 0.238 e. The van der Waals surface area contributed by atoms with Crippen molar-refractivity contribution in [1.82, 2.24) is 10.2 Å². The summed E-state index contributed by atoms with van der Waals surface area (Å²) in [7, 11) is 0. The second-order valence-corrected chi connectivity index (χ2v) is 4.36. The van der Waals surface area contributed by atoms with Gasteiger partial charge in [-0.1, -0.05) is 15.9 Å². The zero-order valence-electron chi connectivity index (χ0n) is 8.83. The number of benzene rings is 1. The topological polar surface area (TPSA) is 63.9 Å². The zero-order valence-corrected chi connectivity index (χ0v) is 10.4. The molecule has 2 aromatic rings. The van der Waals surface area contributed by atoms with E-state index in [1.54, 1.807) is 0 Å². The summed E-state index contributed by atoms with van der Waals surface area (Å²) in [6.45, 7) is 2.35. The van der Waals surface area contributed by atoms with Crippen molar-refractivity contribution in [2.24, 2.45) is 5.73 Å². The first-order valence-corrected chi connectivity index (χ1v) is 5.66. The molecule has 0 aliphatic rings. The highest BCUT2D eigenvalue weighted by atomic mass is 79.9. The third kappa shape index (κ3) is 2.43. The number of H-pyrrole nitrogens is 1. The summed E-state index contributed by atoms with van der Waals surface area (Å²) in [5.74, 6) is 1.28. The number of nitrogens with zero attached hydrogens (tertiary/aromatic N) is 1. The van der Waals surface area contributed by atoms with Crippen molar-refractivity contribution < 1.29 is 4.74 Å². The fraction of sp³-hybridized carbons (Fsp3) is 0.182. The van der Waals surface area contributed by atoms with Crippen molar-refractivity contribution >= 4 is 15.9 Å². The van der Waals surface area contributed by atoms with Gasteiger partial charge in [-0.3, -0.25) is 5.10 Å². The van der Waals surface area contributed by atoms with E-state index in [1.165, 1.54) is 0 Å². The molecule has 2 rings (SSSR count). The number of aryl methyl sites for hydroxylation is 1. The first-order valence-electron chi connectivity index (χ1n) is 4.87. The summed E-state index contributed by atoms with van der Waals surface area (Å²) in [5, 5.41) is 6.83. The minimum absolute atomic E-state index is 0.429. The molecule has 0 saturated carbocycles. The molecular formula is C11H12BrN3O. The molecule has 1 heterocycles. The SMILES string of the molecule is Cc1cc(Oc2ccc(Br)cc2CN)n[nH]1. The number of hydrogen-bond acceptors (Lipinski definition) is 3. The van der Waals surface area contributed by atoms with Gasteiger partial charge >= 0.3 is 0 Å². The fourth-order valence-electron chi connectivity index (χ4n) is 1.37. The number of nitrogens with two attached hydrogens (primary N) is 1. The van der Waals surface area contributed by atoms with Gasteiger partial charge < -0.3 is 10.5 Å². The highest BCUT2D eigenvalue weighted by molar-refractivity contribution is 9.10. The monoisotopic (exact) mass is 281 g/mol. The highest BCUT2D eigenvalue weighted by Gasteiger charge is 2.06. The Balaban J connectivity index is 2.27. The maximum absolute atomic E-state index is 5.65. The predicted octanol–water partition coefficient (Wildman–Crippen LogP) is 2.73. The lowest BCUT2D eigenvalue weighted by atomic mass is 10.2. The predicted molar refractivity (Wildman–Crippen MR) is 65.4 cm³/mol. The summed E-state index contributed by atoms with van der Waals surface area (Å²) >= 11 is 3.39. The highest BCUT2D eigenvalue weighted by Crippen LogP contribution is 2.26. The van der Waals surface area contributed by atoms with E-state index in [2.05, 4.69) is 26.1 Å². The molecule has 16 heavy (non-hydrogen) atoms. The molecule has 0 amide bonds. The number of nitrogens with one attached hydrogen (secondary N) is 1. The van der Waals surface area contributed by atoms with Gasteiger partial charge in [0.1, 0.15) is 5.75 Å². The molecule has 0 fully saturated rings. The van der Waals surface area contributed by atoms with Gasteiger partial charge in [0.25, 0.3) is 0 Å². The second-order valence-electron chi connectivity index (χ2n) is 3.45. The largest absolute Gasteiger partial charge is 0.437 e. The van der Waals surface area contributed by atoms with E-state index in [1.807, 2.05) is 31.2 Å². The van der Waals surface area contributed by atoms with E-state index in [0.717, 1.165) is 21.5 Å². The van der Waals surface area contributed by atoms with Gasteiger partial charge in [0, 0.05) is 28.3 Å². The molecule has 5 heteroatoms. The molecule has 0 bridgehead atoms. The lowest BCUT2D eigenvalue weighted by Gasteiger charge is -2.07. The van der Waals surface area contributed by atoms with Crippen molar-refractivity contribution in [3.63, 3.8) is 0 Å². The quantitative estimate of drug-likeness (QED) is 0.909. The van der Waals surface area contributed by atoms with E-state index in [0.29, 0.717) is 12.4 Å². The molecule has 0 aliphatic carbocycles. The molecular weight excluding hydrogens is 270 g/mol. The number of aromatic amines is 1. The summed E-state index contributed by atoms with van der Waals surface area (Å²) in [4.78, 5) is 0. The first kappa shape index (κ1) is 11.2.